The summed E-state index contributed by atoms with van der Waals surface area (Å²) in [5.74, 6) is -0.854. The van der Waals surface area contributed by atoms with Gasteiger partial charge in [-0.1, -0.05) is 45.4 Å². The van der Waals surface area contributed by atoms with Crippen LogP contribution < -0.4 is 10.6 Å². The molecule has 0 heterocycles. The lowest BCUT2D eigenvalue weighted by Gasteiger charge is -2.28. The Morgan fingerprint density at radius 1 is 1.14 bits per heavy atom. The molecule has 5 heteroatoms. The molecule has 0 radical (unpaired) electrons. The average molecular weight is 298 g/mol. The zero-order chi connectivity index (χ0) is 15.7. The van der Waals surface area contributed by atoms with Gasteiger partial charge in [-0.05, 0) is 32.1 Å². The summed E-state index contributed by atoms with van der Waals surface area (Å²) in [4.78, 5) is 23.3. The summed E-state index contributed by atoms with van der Waals surface area (Å²) in [6.07, 6.45) is 9.41. The molecule has 3 N–H and O–H groups in total. The van der Waals surface area contributed by atoms with Gasteiger partial charge in [0.2, 0.25) is 0 Å². The summed E-state index contributed by atoms with van der Waals surface area (Å²) in [7, 11) is 0. The van der Waals surface area contributed by atoms with Crippen LogP contribution in [0.5, 0.6) is 0 Å². The molecule has 122 valence electrons. The smallest absolute Gasteiger partial charge is 0.326 e. The lowest BCUT2D eigenvalue weighted by Crippen LogP contribution is -2.51. The lowest BCUT2D eigenvalue weighted by molar-refractivity contribution is -0.141. The second-order valence-corrected chi connectivity index (χ2v) is 6.23. The van der Waals surface area contributed by atoms with Gasteiger partial charge >= 0.3 is 12.0 Å². The van der Waals surface area contributed by atoms with Crippen LogP contribution in [-0.2, 0) is 4.79 Å². The number of hydrogen-bond acceptors (Lipinski definition) is 2. The van der Waals surface area contributed by atoms with Crippen LogP contribution in [0.3, 0.4) is 0 Å². The van der Waals surface area contributed by atoms with Gasteiger partial charge in [-0.25, -0.2) is 9.59 Å². The third kappa shape index (κ3) is 6.82. The van der Waals surface area contributed by atoms with Crippen LogP contribution in [0.15, 0.2) is 0 Å². The average Bonchev–Trinajstić information content (AvgIpc) is 2.45. The van der Waals surface area contributed by atoms with E-state index < -0.39 is 12.0 Å². The second kappa shape index (κ2) is 9.64. The summed E-state index contributed by atoms with van der Waals surface area (Å²) < 4.78 is 0. The van der Waals surface area contributed by atoms with Crippen LogP contribution in [0, 0.1) is 5.92 Å². The number of rotatable bonds is 8. The van der Waals surface area contributed by atoms with Gasteiger partial charge in [0.15, 0.2) is 0 Å². The quantitative estimate of drug-likeness (QED) is 0.602. The number of nitrogens with one attached hydrogen (secondary N) is 2. The van der Waals surface area contributed by atoms with E-state index in [0.717, 1.165) is 51.4 Å². The van der Waals surface area contributed by atoms with Crippen molar-refractivity contribution in [1.82, 2.24) is 10.6 Å². The summed E-state index contributed by atoms with van der Waals surface area (Å²) in [6.45, 7) is 4.11. The molecule has 1 aliphatic rings. The second-order valence-electron chi connectivity index (χ2n) is 6.23. The Labute approximate surface area is 127 Å². The maximum atomic E-state index is 12.0. The topological polar surface area (TPSA) is 78.4 Å². The number of carboxylic acid groups (broad SMARTS) is 1. The van der Waals surface area contributed by atoms with Gasteiger partial charge < -0.3 is 15.7 Å². The molecular formula is C16H30N2O3. The number of unbranched alkanes of at least 4 members (excludes halogenated alkanes) is 2. The highest BCUT2D eigenvalue weighted by atomic mass is 16.4. The van der Waals surface area contributed by atoms with Gasteiger partial charge in [0, 0.05) is 6.04 Å². The molecule has 0 aromatic heterocycles. The summed E-state index contributed by atoms with van der Waals surface area (Å²) in [5.41, 5.74) is 0. The minimum absolute atomic E-state index is 0.0670. The van der Waals surface area contributed by atoms with Crippen molar-refractivity contribution in [2.75, 3.05) is 0 Å². The number of carbonyl (C=O) groups excluding carboxylic acids is 1. The van der Waals surface area contributed by atoms with Crippen LogP contribution in [-0.4, -0.2) is 29.2 Å². The van der Waals surface area contributed by atoms with Crippen molar-refractivity contribution in [2.45, 2.75) is 83.7 Å². The fourth-order valence-electron chi connectivity index (χ4n) is 3.03. The van der Waals surface area contributed by atoms with E-state index in [1.54, 1.807) is 0 Å². The number of urea groups is 1. The SMILES string of the molecule is CCCCCC(C)NC(=O)NC(C(=O)O)C1CCCCC1. The minimum atomic E-state index is -0.921. The lowest BCUT2D eigenvalue weighted by atomic mass is 9.84. The summed E-state index contributed by atoms with van der Waals surface area (Å²) >= 11 is 0. The first-order valence-corrected chi connectivity index (χ1v) is 8.34. The van der Waals surface area contributed by atoms with E-state index in [2.05, 4.69) is 17.6 Å². The first-order chi connectivity index (χ1) is 10.0. The molecule has 2 amide bonds. The number of carboxylic acids is 1. The number of hydrogen-bond donors (Lipinski definition) is 3. The Morgan fingerprint density at radius 2 is 1.81 bits per heavy atom. The summed E-state index contributed by atoms with van der Waals surface area (Å²) in [5, 5.41) is 14.8. The van der Waals surface area contributed by atoms with Crippen LogP contribution in [0.25, 0.3) is 0 Å². The van der Waals surface area contributed by atoms with Gasteiger partial charge in [0.1, 0.15) is 6.04 Å². The van der Waals surface area contributed by atoms with E-state index in [9.17, 15) is 14.7 Å². The van der Waals surface area contributed by atoms with Crippen LogP contribution >= 0.6 is 0 Å². The fourth-order valence-corrected chi connectivity index (χ4v) is 3.03. The molecular weight excluding hydrogens is 268 g/mol. The van der Waals surface area contributed by atoms with Crippen molar-refractivity contribution in [1.29, 1.82) is 0 Å². The standard InChI is InChI=1S/C16H30N2O3/c1-3-4-6-9-12(2)17-16(21)18-14(15(19)20)13-10-7-5-8-11-13/h12-14H,3-11H2,1-2H3,(H,19,20)(H2,17,18,21). The largest absolute Gasteiger partial charge is 0.480 e. The van der Waals surface area contributed by atoms with E-state index in [0.29, 0.717) is 0 Å². The van der Waals surface area contributed by atoms with Crippen molar-refractivity contribution in [3.05, 3.63) is 0 Å². The molecule has 1 fully saturated rings. The third-order valence-electron chi connectivity index (χ3n) is 4.29. The molecule has 1 rings (SSSR count). The monoisotopic (exact) mass is 298 g/mol. The highest BCUT2D eigenvalue weighted by Crippen LogP contribution is 2.26. The van der Waals surface area contributed by atoms with Gasteiger partial charge in [-0.2, -0.15) is 0 Å². The molecule has 1 saturated carbocycles. The molecule has 2 atom stereocenters. The van der Waals surface area contributed by atoms with Crippen molar-refractivity contribution < 1.29 is 14.7 Å². The van der Waals surface area contributed by atoms with Crippen molar-refractivity contribution in [3.8, 4) is 0 Å². The molecule has 0 spiro atoms. The molecule has 0 saturated heterocycles. The number of amides is 2. The van der Waals surface area contributed by atoms with Crippen molar-refractivity contribution in [3.63, 3.8) is 0 Å². The van der Waals surface area contributed by atoms with E-state index in [1.165, 1.54) is 6.42 Å². The Balaban J connectivity index is 2.39. The zero-order valence-corrected chi connectivity index (χ0v) is 13.4. The highest BCUT2D eigenvalue weighted by Gasteiger charge is 2.30. The van der Waals surface area contributed by atoms with Crippen molar-refractivity contribution >= 4 is 12.0 Å². The van der Waals surface area contributed by atoms with E-state index >= 15 is 0 Å². The molecule has 2 unspecified atom stereocenters. The predicted molar refractivity (Wildman–Crippen MR) is 83.3 cm³/mol. The first kappa shape index (κ1) is 17.8. The molecule has 21 heavy (non-hydrogen) atoms. The van der Waals surface area contributed by atoms with Gasteiger partial charge in [-0.15, -0.1) is 0 Å². The first-order valence-electron chi connectivity index (χ1n) is 8.34. The molecule has 0 aliphatic heterocycles. The fraction of sp³-hybridized carbons (Fsp3) is 0.875. The summed E-state index contributed by atoms with van der Waals surface area (Å²) in [6, 6.07) is -1.03. The zero-order valence-electron chi connectivity index (χ0n) is 13.4. The Hall–Kier alpha value is -1.26. The Bertz CT molecular complexity index is 327. The number of carbonyl (C=O) groups is 2. The maximum absolute atomic E-state index is 12.0. The third-order valence-corrected chi connectivity index (χ3v) is 4.29. The normalized spacial score (nSPS) is 18.8. The predicted octanol–water partition coefficient (Wildman–Crippen LogP) is 3.29. The van der Waals surface area contributed by atoms with Crippen LogP contribution in [0.4, 0.5) is 4.79 Å². The molecule has 1 aliphatic carbocycles. The molecule has 5 nitrogen and oxygen atoms in total. The van der Waals surface area contributed by atoms with E-state index in [1.807, 2.05) is 6.92 Å². The van der Waals surface area contributed by atoms with Crippen LogP contribution in [0.2, 0.25) is 0 Å². The molecule has 0 aromatic carbocycles. The van der Waals surface area contributed by atoms with E-state index in [-0.39, 0.29) is 18.0 Å². The minimum Gasteiger partial charge on any atom is -0.480 e. The van der Waals surface area contributed by atoms with Gasteiger partial charge in [0.05, 0.1) is 0 Å². The van der Waals surface area contributed by atoms with Gasteiger partial charge in [0.25, 0.3) is 0 Å². The van der Waals surface area contributed by atoms with E-state index in [4.69, 9.17) is 0 Å². The molecule has 0 bridgehead atoms. The Kier molecular flexibility index (Phi) is 8.16. The maximum Gasteiger partial charge on any atom is 0.326 e. The highest BCUT2D eigenvalue weighted by molar-refractivity contribution is 5.82. The van der Waals surface area contributed by atoms with Crippen molar-refractivity contribution in [2.24, 2.45) is 5.92 Å². The van der Waals surface area contributed by atoms with Gasteiger partial charge in [-0.3, -0.25) is 0 Å². The molecule has 0 aromatic rings. The number of aliphatic carboxylic acids is 1. The van der Waals surface area contributed by atoms with Crippen LogP contribution in [0.1, 0.15) is 71.6 Å². The Morgan fingerprint density at radius 3 is 2.38 bits per heavy atom.